The van der Waals surface area contributed by atoms with Gasteiger partial charge in [0.15, 0.2) is 0 Å². The fourth-order valence-electron chi connectivity index (χ4n) is 2.58. The summed E-state index contributed by atoms with van der Waals surface area (Å²) in [7, 11) is 0. The summed E-state index contributed by atoms with van der Waals surface area (Å²) in [5.41, 5.74) is 2.32. The molecule has 2 heterocycles. The number of hydrogen-bond donors (Lipinski definition) is 2. The summed E-state index contributed by atoms with van der Waals surface area (Å²) in [6.07, 6.45) is 0.0932. The molecule has 0 aromatic heterocycles. The summed E-state index contributed by atoms with van der Waals surface area (Å²) in [6, 6.07) is 6.40. The summed E-state index contributed by atoms with van der Waals surface area (Å²) in [5, 5.41) is 7.55. The molecule has 1 aromatic rings. The molecule has 2 aliphatic heterocycles. The van der Waals surface area contributed by atoms with Gasteiger partial charge in [-0.3, -0.25) is 0 Å². The minimum atomic E-state index is 0.0932. The molecule has 2 fully saturated rings. The van der Waals surface area contributed by atoms with Crippen LogP contribution in [0.5, 0.6) is 0 Å². The average molecular weight is 283 g/mol. The summed E-state index contributed by atoms with van der Waals surface area (Å²) in [5.74, 6) is 0. The van der Waals surface area contributed by atoms with Crippen molar-refractivity contribution >= 4 is 11.6 Å². The summed E-state index contributed by atoms with van der Waals surface area (Å²) in [4.78, 5) is 0. The molecule has 4 nitrogen and oxygen atoms in total. The van der Waals surface area contributed by atoms with Crippen LogP contribution in [0.4, 0.5) is 0 Å². The van der Waals surface area contributed by atoms with Crippen LogP contribution in [0.1, 0.15) is 23.3 Å². The molecule has 2 atom stereocenters. The first-order valence-electron chi connectivity index (χ1n) is 6.77. The molecular weight excluding hydrogens is 264 g/mol. The Hall–Kier alpha value is -0.650. The number of ether oxygens (including phenoxy) is 2. The van der Waals surface area contributed by atoms with Gasteiger partial charge in [-0.05, 0) is 23.3 Å². The van der Waals surface area contributed by atoms with Crippen LogP contribution in [0.2, 0.25) is 5.02 Å². The lowest BCUT2D eigenvalue weighted by Crippen LogP contribution is -2.35. The molecule has 19 heavy (non-hydrogen) atoms. The Labute approximate surface area is 118 Å². The van der Waals surface area contributed by atoms with Crippen LogP contribution < -0.4 is 10.6 Å². The van der Waals surface area contributed by atoms with Crippen molar-refractivity contribution < 1.29 is 9.47 Å². The lowest BCUT2D eigenvalue weighted by molar-refractivity contribution is 0.0275. The van der Waals surface area contributed by atoms with E-state index < -0.39 is 0 Å². The monoisotopic (exact) mass is 282 g/mol. The van der Waals surface area contributed by atoms with Crippen LogP contribution in [0.25, 0.3) is 0 Å². The van der Waals surface area contributed by atoms with E-state index in [2.05, 4.69) is 16.7 Å². The molecule has 0 bridgehead atoms. The number of hydrogen-bond acceptors (Lipinski definition) is 4. The topological polar surface area (TPSA) is 42.5 Å². The van der Waals surface area contributed by atoms with Crippen LogP contribution in [0.3, 0.4) is 0 Å². The Morgan fingerprint density at radius 3 is 2.74 bits per heavy atom. The fourth-order valence-corrected chi connectivity index (χ4v) is 2.83. The molecule has 2 N–H and O–H groups in total. The molecule has 1 aromatic carbocycles. The predicted molar refractivity (Wildman–Crippen MR) is 74.6 cm³/mol. The Morgan fingerprint density at radius 1 is 1.11 bits per heavy atom. The maximum atomic E-state index is 6.24. The van der Waals surface area contributed by atoms with E-state index in [0.717, 1.165) is 43.4 Å². The van der Waals surface area contributed by atoms with Crippen molar-refractivity contribution in [3.8, 4) is 0 Å². The Bertz CT molecular complexity index is 393. The predicted octanol–water partition coefficient (Wildman–Crippen LogP) is 1.66. The van der Waals surface area contributed by atoms with E-state index in [1.807, 2.05) is 12.1 Å². The maximum Gasteiger partial charge on any atom is 0.0950 e. The van der Waals surface area contributed by atoms with Crippen molar-refractivity contribution in [3.63, 3.8) is 0 Å². The molecule has 0 saturated carbocycles. The fraction of sp³-hybridized carbons (Fsp3) is 0.571. The highest BCUT2D eigenvalue weighted by molar-refractivity contribution is 6.30. The molecule has 2 aliphatic rings. The van der Waals surface area contributed by atoms with Gasteiger partial charge in [0.2, 0.25) is 0 Å². The minimum Gasteiger partial charge on any atom is -0.378 e. The maximum absolute atomic E-state index is 6.24. The molecule has 0 spiro atoms. The van der Waals surface area contributed by atoms with Crippen LogP contribution in [-0.4, -0.2) is 39.5 Å². The SMILES string of the molecule is Clc1cc(C2CNCCO2)cc([C@@H]2COCCN2)c1. The first-order chi connectivity index (χ1) is 9.33. The van der Waals surface area contributed by atoms with Crippen molar-refractivity contribution in [2.24, 2.45) is 0 Å². The second-order valence-corrected chi connectivity index (χ2v) is 5.40. The van der Waals surface area contributed by atoms with E-state index in [9.17, 15) is 0 Å². The highest BCUT2D eigenvalue weighted by Crippen LogP contribution is 2.27. The standard InChI is InChI=1S/C14H19ClN2O2/c15-12-6-10(13-9-18-3-2-17-13)5-11(7-12)14-8-16-1-4-19-14/h5-7,13-14,16-17H,1-4,8-9H2/t13-,14?/m0/s1. The Morgan fingerprint density at radius 2 is 2.00 bits per heavy atom. The third-order valence-corrected chi connectivity index (χ3v) is 3.78. The first-order valence-corrected chi connectivity index (χ1v) is 7.14. The van der Waals surface area contributed by atoms with Gasteiger partial charge in [0.25, 0.3) is 0 Å². The van der Waals surface area contributed by atoms with Gasteiger partial charge in [0.05, 0.1) is 32.0 Å². The molecule has 0 amide bonds. The summed E-state index contributed by atoms with van der Waals surface area (Å²) < 4.78 is 11.3. The number of morpholine rings is 2. The third kappa shape index (κ3) is 3.27. The number of benzene rings is 1. The van der Waals surface area contributed by atoms with Crippen LogP contribution in [0, 0.1) is 0 Å². The van der Waals surface area contributed by atoms with E-state index in [4.69, 9.17) is 21.1 Å². The van der Waals surface area contributed by atoms with Gasteiger partial charge >= 0.3 is 0 Å². The van der Waals surface area contributed by atoms with Crippen LogP contribution in [-0.2, 0) is 9.47 Å². The van der Waals surface area contributed by atoms with Crippen molar-refractivity contribution in [2.45, 2.75) is 12.1 Å². The smallest absolute Gasteiger partial charge is 0.0950 e. The van der Waals surface area contributed by atoms with Crippen LogP contribution in [0.15, 0.2) is 18.2 Å². The summed E-state index contributed by atoms with van der Waals surface area (Å²) in [6.45, 7) is 4.87. The molecule has 1 unspecified atom stereocenters. The second kappa shape index (κ2) is 6.20. The highest BCUT2D eigenvalue weighted by Gasteiger charge is 2.20. The molecule has 5 heteroatoms. The largest absolute Gasteiger partial charge is 0.378 e. The molecule has 0 radical (unpaired) electrons. The number of rotatable bonds is 2. The molecule has 3 rings (SSSR count). The van der Waals surface area contributed by atoms with E-state index in [0.29, 0.717) is 6.61 Å². The van der Waals surface area contributed by atoms with Crippen LogP contribution >= 0.6 is 11.6 Å². The zero-order chi connectivity index (χ0) is 13.1. The van der Waals surface area contributed by atoms with Gasteiger partial charge < -0.3 is 20.1 Å². The quantitative estimate of drug-likeness (QED) is 0.866. The highest BCUT2D eigenvalue weighted by atomic mass is 35.5. The van der Waals surface area contributed by atoms with Gasteiger partial charge in [-0.2, -0.15) is 0 Å². The van der Waals surface area contributed by atoms with Gasteiger partial charge in [0.1, 0.15) is 0 Å². The summed E-state index contributed by atoms with van der Waals surface area (Å²) >= 11 is 6.24. The van der Waals surface area contributed by atoms with Crippen molar-refractivity contribution in [1.29, 1.82) is 0 Å². The lowest BCUT2D eigenvalue weighted by atomic mass is 10.0. The Kier molecular flexibility index (Phi) is 4.35. The Balaban J connectivity index is 1.82. The minimum absolute atomic E-state index is 0.0932. The number of nitrogens with one attached hydrogen (secondary N) is 2. The number of halogens is 1. The molecule has 104 valence electrons. The van der Waals surface area contributed by atoms with E-state index in [1.54, 1.807) is 0 Å². The lowest BCUT2D eigenvalue weighted by Gasteiger charge is -2.27. The third-order valence-electron chi connectivity index (χ3n) is 3.57. The van der Waals surface area contributed by atoms with E-state index in [1.165, 1.54) is 5.56 Å². The van der Waals surface area contributed by atoms with E-state index >= 15 is 0 Å². The molecule has 0 aliphatic carbocycles. The second-order valence-electron chi connectivity index (χ2n) is 4.96. The zero-order valence-corrected chi connectivity index (χ0v) is 11.6. The van der Waals surface area contributed by atoms with Gasteiger partial charge in [-0.1, -0.05) is 17.7 Å². The molecule has 2 saturated heterocycles. The van der Waals surface area contributed by atoms with Crippen molar-refractivity contribution in [3.05, 3.63) is 34.3 Å². The van der Waals surface area contributed by atoms with Crippen molar-refractivity contribution in [2.75, 3.05) is 39.5 Å². The first kappa shape index (κ1) is 13.3. The van der Waals surface area contributed by atoms with Gasteiger partial charge in [-0.25, -0.2) is 0 Å². The average Bonchev–Trinajstić information content (AvgIpc) is 2.48. The van der Waals surface area contributed by atoms with E-state index in [-0.39, 0.29) is 12.1 Å². The van der Waals surface area contributed by atoms with Gasteiger partial charge in [-0.15, -0.1) is 0 Å². The molecular formula is C14H19ClN2O2. The van der Waals surface area contributed by atoms with Crippen molar-refractivity contribution in [1.82, 2.24) is 10.6 Å². The zero-order valence-electron chi connectivity index (χ0n) is 10.8. The normalized spacial score (nSPS) is 28.3. The van der Waals surface area contributed by atoms with Gasteiger partial charge in [0, 0.05) is 24.7 Å².